The van der Waals surface area contributed by atoms with Crippen LogP contribution in [0.2, 0.25) is 0 Å². The van der Waals surface area contributed by atoms with Crippen LogP contribution in [-0.4, -0.2) is 5.75 Å². The second-order valence-electron chi connectivity index (χ2n) is 3.23. The Morgan fingerprint density at radius 1 is 1.46 bits per heavy atom. The first kappa shape index (κ1) is 8.65. The topological polar surface area (TPSA) is 23.8 Å². The van der Waals surface area contributed by atoms with E-state index in [-0.39, 0.29) is 0 Å². The third kappa shape index (κ3) is 1.87. The molecule has 0 radical (unpaired) electrons. The van der Waals surface area contributed by atoms with Gasteiger partial charge < -0.3 is 0 Å². The molecule has 2 rings (SSSR count). The van der Waals surface area contributed by atoms with Crippen LogP contribution in [0.1, 0.15) is 17.5 Å². The summed E-state index contributed by atoms with van der Waals surface area (Å²) in [7, 11) is 0. The molecule has 1 heterocycles. The maximum atomic E-state index is 8.57. The average molecular weight is 189 g/mol. The summed E-state index contributed by atoms with van der Waals surface area (Å²) in [4.78, 5) is 1.39. The zero-order chi connectivity index (χ0) is 9.10. The van der Waals surface area contributed by atoms with E-state index in [4.69, 9.17) is 5.26 Å². The third-order valence-electron chi connectivity index (χ3n) is 2.26. The number of hydrogen-bond acceptors (Lipinski definition) is 2. The summed E-state index contributed by atoms with van der Waals surface area (Å²) in [5.41, 5.74) is 2.61. The summed E-state index contributed by atoms with van der Waals surface area (Å²) in [6.45, 7) is 0. The van der Waals surface area contributed by atoms with Crippen LogP contribution in [0.3, 0.4) is 0 Å². The molecule has 0 atom stereocenters. The Morgan fingerprint density at radius 2 is 2.38 bits per heavy atom. The second kappa shape index (κ2) is 3.85. The summed E-state index contributed by atoms with van der Waals surface area (Å²) in [6.07, 6.45) is 3.03. The molecule has 0 aromatic heterocycles. The number of nitriles is 1. The smallest absolute Gasteiger partial charge is 0.0669 e. The van der Waals surface area contributed by atoms with Crippen LogP contribution in [0.5, 0.6) is 0 Å². The molecule has 0 unspecified atom stereocenters. The second-order valence-corrected chi connectivity index (χ2v) is 4.37. The van der Waals surface area contributed by atoms with Gasteiger partial charge in [-0.25, -0.2) is 0 Å². The molecule has 66 valence electrons. The van der Waals surface area contributed by atoms with Crippen LogP contribution in [0.15, 0.2) is 23.1 Å². The van der Waals surface area contributed by atoms with Crippen LogP contribution in [0, 0.1) is 11.3 Å². The van der Waals surface area contributed by atoms with Crippen molar-refractivity contribution in [1.82, 2.24) is 0 Å². The maximum absolute atomic E-state index is 8.57. The Balaban J connectivity index is 2.31. The SMILES string of the molecule is N#CCc1ccc2c(c1)SCCC2. The first-order chi connectivity index (χ1) is 6.40. The number of rotatable bonds is 1. The highest BCUT2D eigenvalue weighted by molar-refractivity contribution is 7.99. The normalized spacial score (nSPS) is 14.7. The highest BCUT2D eigenvalue weighted by Crippen LogP contribution is 2.30. The van der Waals surface area contributed by atoms with Gasteiger partial charge in [0.15, 0.2) is 0 Å². The zero-order valence-corrected chi connectivity index (χ0v) is 8.23. The quantitative estimate of drug-likeness (QED) is 0.678. The van der Waals surface area contributed by atoms with E-state index in [1.807, 2.05) is 11.8 Å². The fourth-order valence-corrected chi connectivity index (χ4v) is 2.68. The van der Waals surface area contributed by atoms with Crippen LogP contribution in [-0.2, 0) is 12.8 Å². The average Bonchev–Trinajstić information content (AvgIpc) is 2.18. The van der Waals surface area contributed by atoms with Gasteiger partial charge in [0.2, 0.25) is 0 Å². The predicted molar refractivity (Wildman–Crippen MR) is 54.8 cm³/mol. The van der Waals surface area contributed by atoms with Crippen molar-refractivity contribution in [3.05, 3.63) is 29.3 Å². The van der Waals surface area contributed by atoms with E-state index in [1.165, 1.54) is 29.1 Å². The van der Waals surface area contributed by atoms with E-state index in [2.05, 4.69) is 24.3 Å². The molecule has 0 amide bonds. The standard InChI is InChI=1S/C11H11NS/c12-6-5-9-3-4-10-2-1-7-13-11(10)8-9/h3-4,8H,1-2,5,7H2. The minimum atomic E-state index is 0.536. The largest absolute Gasteiger partial charge is 0.198 e. The molecule has 0 N–H and O–H groups in total. The lowest BCUT2D eigenvalue weighted by atomic mass is 10.1. The van der Waals surface area contributed by atoms with Crippen molar-refractivity contribution in [2.75, 3.05) is 5.75 Å². The first-order valence-electron chi connectivity index (χ1n) is 4.52. The predicted octanol–water partition coefficient (Wildman–Crippen LogP) is 2.79. The lowest BCUT2D eigenvalue weighted by Gasteiger charge is -2.15. The molecule has 1 aliphatic rings. The van der Waals surface area contributed by atoms with Gasteiger partial charge in [-0.05, 0) is 35.8 Å². The number of fused-ring (bicyclic) bond motifs is 1. The Hall–Kier alpha value is -0.940. The molecule has 0 saturated heterocycles. The molecular formula is C11H11NS. The van der Waals surface area contributed by atoms with E-state index in [1.54, 1.807) is 0 Å². The van der Waals surface area contributed by atoms with Gasteiger partial charge in [-0.15, -0.1) is 11.8 Å². The van der Waals surface area contributed by atoms with Crippen LogP contribution < -0.4 is 0 Å². The van der Waals surface area contributed by atoms with Crippen molar-refractivity contribution in [3.8, 4) is 6.07 Å². The van der Waals surface area contributed by atoms with E-state index in [0.717, 1.165) is 5.56 Å². The molecule has 13 heavy (non-hydrogen) atoms. The van der Waals surface area contributed by atoms with Crippen molar-refractivity contribution >= 4 is 11.8 Å². The lowest BCUT2D eigenvalue weighted by Crippen LogP contribution is -1.98. The van der Waals surface area contributed by atoms with E-state index < -0.39 is 0 Å². The Bertz CT molecular complexity index is 352. The lowest BCUT2D eigenvalue weighted by molar-refractivity contribution is 0.887. The number of benzene rings is 1. The van der Waals surface area contributed by atoms with Gasteiger partial charge in [0.25, 0.3) is 0 Å². The molecule has 0 bridgehead atoms. The molecule has 1 aromatic rings. The minimum Gasteiger partial charge on any atom is -0.198 e. The van der Waals surface area contributed by atoms with E-state index in [9.17, 15) is 0 Å². The van der Waals surface area contributed by atoms with Gasteiger partial charge in [0.1, 0.15) is 0 Å². The Morgan fingerprint density at radius 3 is 3.23 bits per heavy atom. The summed E-state index contributed by atoms with van der Waals surface area (Å²) in [6, 6.07) is 8.60. The van der Waals surface area contributed by atoms with Gasteiger partial charge in [-0.1, -0.05) is 12.1 Å². The van der Waals surface area contributed by atoms with Gasteiger partial charge in [0.05, 0.1) is 12.5 Å². The summed E-state index contributed by atoms with van der Waals surface area (Å²) in [5, 5.41) is 8.57. The van der Waals surface area contributed by atoms with Crippen molar-refractivity contribution in [1.29, 1.82) is 5.26 Å². The van der Waals surface area contributed by atoms with E-state index in [0.29, 0.717) is 6.42 Å². The number of hydrogen-bond donors (Lipinski definition) is 0. The van der Waals surface area contributed by atoms with Crippen molar-refractivity contribution in [2.24, 2.45) is 0 Å². The Labute approximate surface area is 82.8 Å². The van der Waals surface area contributed by atoms with Crippen LogP contribution in [0.25, 0.3) is 0 Å². The molecular weight excluding hydrogens is 178 g/mol. The number of aryl methyl sites for hydroxylation is 1. The summed E-state index contributed by atoms with van der Waals surface area (Å²) < 4.78 is 0. The van der Waals surface area contributed by atoms with Crippen LogP contribution in [0.4, 0.5) is 0 Å². The van der Waals surface area contributed by atoms with Gasteiger partial charge >= 0.3 is 0 Å². The molecule has 1 aliphatic heterocycles. The minimum absolute atomic E-state index is 0.536. The van der Waals surface area contributed by atoms with Crippen molar-refractivity contribution in [2.45, 2.75) is 24.2 Å². The molecule has 0 fully saturated rings. The molecule has 1 nitrogen and oxygen atoms in total. The molecule has 1 aromatic carbocycles. The monoisotopic (exact) mass is 189 g/mol. The molecule has 0 saturated carbocycles. The number of thioether (sulfide) groups is 1. The third-order valence-corrected chi connectivity index (χ3v) is 3.45. The number of nitrogens with zero attached hydrogens (tertiary/aromatic N) is 1. The van der Waals surface area contributed by atoms with Crippen LogP contribution >= 0.6 is 11.8 Å². The summed E-state index contributed by atoms with van der Waals surface area (Å²) >= 11 is 1.92. The van der Waals surface area contributed by atoms with Crippen molar-refractivity contribution < 1.29 is 0 Å². The molecule has 0 aliphatic carbocycles. The van der Waals surface area contributed by atoms with Crippen molar-refractivity contribution in [3.63, 3.8) is 0 Å². The van der Waals surface area contributed by atoms with Gasteiger partial charge in [-0.3, -0.25) is 0 Å². The first-order valence-corrected chi connectivity index (χ1v) is 5.50. The Kier molecular flexibility index (Phi) is 2.56. The highest BCUT2D eigenvalue weighted by Gasteiger charge is 2.09. The van der Waals surface area contributed by atoms with Gasteiger partial charge in [-0.2, -0.15) is 5.26 Å². The van der Waals surface area contributed by atoms with E-state index >= 15 is 0 Å². The maximum Gasteiger partial charge on any atom is 0.0669 e. The fourth-order valence-electron chi connectivity index (χ4n) is 1.59. The fraction of sp³-hybridized carbons (Fsp3) is 0.364. The van der Waals surface area contributed by atoms with Gasteiger partial charge in [0, 0.05) is 4.90 Å². The zero-order valence-electron chi connectivity index (χ0n) is 7.42. The summed E-state index contributed by atoms with van der Waals surface area (Å²) in [5.74, 6) is 1.23. The molecule has 2 heteroatoms. The molecule has 0 spiro atoms. The highest BCUT2D eigenvalue weighted by atomic mass is 32.2.